The summed E-state index contributed by atoms with van der Waals surface area (Å²) in [5, 5.41) is 10.6. The molecule has 0 aliphatic heterocycles. The number of halogens is 2. The highest BCUT2D eigenvalue weighted by atomic mass is 79.9. The van der Waals surface area contributed by atoms with Crippen LogP contribution in [-0.4, -0.2) is 11.5 Å². The third-order valence-corrected chi connectivity index (χ3v) is 5.69. The maximum atomic E-state index is 11.4. The van der Waals surface area contributed by atoms with E-state index in [1.54, 1.807) is 0 Å². The van der Waals surface area contributed by atoms with Gasteiger partial charge in [-0.3, -0.25) is 0 Å². The van der Waals surface area contributed by atoms with Crippen LogP contribution in [0.2, 0.25) is 0 Å². The molecule has 0 fully saturated rings. The molecule has 1 rings (SSSR count). The summed E-state index contributed by atoms with van der Waals surface area (Å²) in [6, 6.07) is 2.50. The lowest BCUT2D eigenvalue weighted by atomic mass is 10.5. The van der Waals surface area contributed by atoms with Crippen LogP contribution in [-0.2, 0) is 9.84 Å². The summed E-state index contributed by atoms with van der Waals surface area (Å²) < 4.78 is 22.6. The predicted molar refractivity (Wildman–Crippen MR) is 54.2 cm³/mol. The van der Waals surface area contributed by atoms with E-state index in [2.05, 4.69) is 31.9 Å². The summed E-state index contributed by atoms with van der Waals surface area (Å²) in [4.78, 5) is 0.0957. The largest absolute Gasteiger partial charge is 0.619 e. The van der Waals surface area contributed by atoms with Gasteiger partial charge in [-0.15, -0.1) is 0 Å². The fraction of sp³-hybridized carbons (Fsp3) is 0.167. The van der Waals surface area contributed by atoms with Gasteiger partial charge in [0, 0.05) is 12.1 Å². The molecule has 0 amide bonds. The Hall–Kier alpha value is -0.140. The second-order valence-corrected chi connectivity index (χ2v) is 8.50. The zero-order valence-electron chi connectivity index (χ0n) is 6.22. The molecule has 0 bridgehead atoms. The molecule has 0 aliphatic carbocycles. The molecular weight excluding hydrogens is 326 g/mol. The first-order valence-electron chi connectivity index (χ1n) is 3.15. The molecule has 0 aliphatic rings. The first-order valence-corrected chi connectivity index (χ1v) is 6.53. The summed E-state index contributed by atoms with van der Waals surface area (Å²) >= 11 is 5.79. The minimum absolute atomic E-state index is 0.0957. The first-order chi connectivity index (χ1) is 5.94. The van der Waals surface area contributed by atoms with Gasteiger partial charge in [-0.05, 0) is 0 Å². The molecule has 0 saturated heterocycles. The average molecular weight is 331 g/mol. The van der Waals surface area contributed by atoms with E-state index >= 15 is 0 Å². The molecule has 0 unspecified atom stereocenters. The fourth-order valence-electron chi connectivity index (χ4n) is 0.692. The van der Waals surface area contributed by atoms with Crippen LogP contribution in [0.25, 0.3) is 0 Å². The number of hydrogen-bond acceptors (Lipinski definition) is 3. The smallest absolute Gasteiger partial charge is 0.201 e. The van der Waals surface area contributed by atoms with E-state index in [-0.39, 0.29) is 4.90 Å². The molecule has 1 aromatic heterocycles. The van der Waals surface area contributed by atoms with E-state index in [9.17, 15) is 13.6 Å². The van der Waals surface area contributed by atoms with Crippen molar-refractivity contribution in [1.29, 1.82) is 0 Å². The standard InChI is InChI=1S/C6H5Br2NO3S/c7-6(8)13(11,12)5-1-3-9(10)4-2-5/h1-4,6H. The van der Waals surface area contributed by atoms with Gasteiger partial charge in [0.25, 0.3) is 0 Å². The zero-order chi connectivity index (χ0) is 10.1. The molecule has 4 nitrogen and oxygen atoms in total. The fourth-order valence-corrected chi connectivity index (χ4v) is 2.69. The van der Waals surface area contributed by atoms with E-state index in [1.807, 2.05) is 0 Å². The molecular formula is C6H5Br2NO3S. The molecule has 0 atom stereocenters. The molecule has 0 saturated carbocycles. The molecule has 0 N–H and O–H groups in total. The number of hydrogen-bond donors (Lipinski definition) is 0. The van der Waals surface area contributed by atoms with Gasteiger partial charge < -0.3 is 5.21 Å². The number of rotatable bonds is 2. The Kier molecular flexibility index (Phi) is 3.31. The van der Waals surface area contributed by atoms with Crippen molar-refractivity contribution >= 4 is 41.7 Å². The van der Waals surface area contributed by atoms with Crippen LogP contribution < -0.4 is 4.73 Å². The summed E-state index contributed by atoms with van der Waals surface area (Å²) in [6.45, 7) is 0. The molecule has 0 aromatic carbocycles. The van der Waals surface area contributed by atoms with Crippen molar-refractivity contribution in [2.45, 2.75) is 7.96 Å². The van der Waals surface area contributed by atoms with Gasteiger partial charge in [-0.2, -0.15) is 4.73 Å². The normalized spacial score (nSPS) is 11.9. The minimum atomic E-state index is -3.41. The van der Waals surface area contributed by atoms with Gasteiger partial charge in [0.1, 0.15) is 0 Å². The molecule has 0 radical (unpaired) electrons. The molecule has 13 heavy (non-hydrogen) atoms. The van der Waals surface area contributed by atoms with Gasteiger partial charge in [0.15, 0.2) is 15.5 Å². The van der Waals surface area contributed by atoms with Crippen molar-refractivity contribution in [1.82, 2.24) is 0 Å². The highest BCUT2D eigenvalue weighted by molar-refractivity contribution is 9.27. The Bertz CT molecular complexity index is 387. The van der Waals surface area contributed by atoms with Crippen molar-refractivity contribution in [2.75, 3.05) is 0 Å². The summed E-state index contributed by atoms with van der Waals surface area (Å²) in [5.41, 5.74) is 0. The Morgan fingerprint density at radius 1 is 1.31 bits per heavy atom. The lowest BCUT2D eigenvalue weighted by Gasteiger charge is -2.03. The lowest BCUT2D eigenvalue weighted by molar-refractivity contribution is -0.605. The van der Waals surface area contributed by atoms with Crippen LogP contribution in [0.4, 0.5) is 0 Å². The van der Waals surface area contributed by atoms with Crippen molar-refractivity contribution in [3.8, 4) is 0 Å². The SMILES string of the molecule is O=S(=O)(c1cc[n+]([O-])cc1)C(Br)Br. The molecule has 1 aromatic rings. The van der Waals surface area contributed by atoms with Crippen LogP contribution in [0.5, 0.6) is 0 Å². The minimum Gasteiger partial charge on any atom is -0.619 e. The summed E-state index contributed by atoms with van der Waals surface area (Å²) in [7, 11) is -3.41. The number of pyridine rings is 1. The Labute approximate surface area is 92.3 Å². The number of alkyl halides is 2. The third-order valence-electron chi connectivity index (χ3n) is 1.33. The maximum absolute atomic E-state index is 11.4. The van der Waals surface area contributed by atoms with Crippen LogP contribution in [0.3, 0.4) is 0 Å². The van der Waals surface area contributed by atoms with Crippen LogP contribution in [0.1, 0.15) is 0 Å². The van der Waals surface area contributed by atoms with E-state index in [0.29, 0.717) is 4.73 Å². The molecule has 0 spiro atoms. The predicted octanol–water partition coefficient (Wildman–Crippen LogP) is 1.17. The Morgan fingerprint density at radius 2 is 1.77 bits per heavy atom. The van der Waals surface area contributed by atoms with E-state index in [4.69, 9.17) is 0 Å². The summed E-state index contributed by atoms with van der Waals surface area (Å²) in [5.74, 6) is 0. The molecule has 1 heterocycles. The zero-order valence-corrected chi connectivity index (χ0v) is 10.2. The average Bonchev–Trinajstić information content (AvgIpc) is 2.04. The van der Waals surface area contributed by atoms with Crippen molar-refractivity contribution in [2.24, 2.45) is 0 Å². The van der Waals surface area contributed by atoms with Crippen LogP contribution >= 0.6 is 31.9 Å². The maximum Gasteiger partial charge on any atom is 0.201 e. The lowest BCUT2D eigenvalue weighted by Crippen LogP contribution is -2.24. The molecule has 7 heteroatoms. The first kappa shape index (κ1) is 10.9. The topological polar surface area (TPSA) is 61.1 Å². The second-order valence-electron chi connectivity index (χ2n) is 2.20. The number of aromatic nitrogens is 1. The van der Waals surface area contributed by atoms with Crippen LogP contribution in [0, 0.1) is 5.21 Å². The highest BCUT2D eigenvalue weighted by Crippen LogP contribution is 2.23. The van der Waals surface area contributed by atoms with E-state index < -0.39 is 12.9 Å². The monoisotopic (exact) mass is 329 g/mol. The van der Waals surface area contributed by atoms with Gasteiger partial charge in [-0.1, -0.05) is 31.9 Å². The third kappa shape index (κ3) is 2.41. The highest BCUT2D eigenvalue weighted by Gasteiger charge is 2.22. The number of sulfone groups is 1. The van der Waals surface area contributed by atoms with Gasteiger partial charge in [0.2, 0.25) is 9.84 Å². The van der Waals surface area contributed by atoms with E-state index in [0.717, 1.165) is 12.4 Å². The van der Waals surface area contributed by atoms with Gasteiger partial charge in [-0.25, -0.2) is 8.42 Å². The molecule has 72 valence electrons. The Balaban J connectivity index is 3.17. The van der Waals surface area contributed by atoms with Gasteiger partial charge >= 0.3 is 0 Å². The quantitative estimate of drug-likeness (QED) is 0.464. The summed E-state index contributed by atoms with van der Waals surface area (Å²) in [6.07, 6.45) is 2.27. The van der Waals surface area contributed by atoms with E-state index in [1.165, 1.54) is 12.1 Å². The van der Waals surface area contributed by atoms with Crippen molar-refractivity contribution in [3.05, 3.63) is 29.7 Å². The number of nitrogens with zero attached hydrogens (tertiary/aromatic N) is 1. The second kappa shape index (κ2) is 3.93. The van der Waals surface area contributed by atoms with Crippen molar-refractivity contribution in [3.63, 3.8) is 0 Å². The van der Waals surface area contributed by atoms with Gasteiger partial charge in [0.05, 0.1) is 4.90 Å². The van der Waals surface area contributed by atoms with Crippen molar-refractivity contribution < 1.29 is 13.1 Å². The van der Waals surface area contributed by atoms with Crippen LogP contribution in [0.15, 0.2) is 29.4 Å². The Morgan fingerprint density at radius 3 is 2.15 bits per heavy atom.